The summed E-state index contributed by atoms with van der Waals surface area (Å²) in [7, 11) is -3.48. The third-order valence-corrected chi connectivity index (χ3v) is 3.92. The molecular formula is C16H18N2O3S. The smallest absolute Gasteiger partial charge is 0.209 e. The molecule has 5 nitrogen and oxygen atoms in total. The second-order valence-electron chi connectivity index (χ2n) is 4.83. The lowest BCUT2D eigenvalue weighted by molar-refractivity contribution is 0.474. The highest BCUT2D eigenvalue weighted by Crippen LogP contribution is 2.20. The van der Waals surface area contributed by atoms with Crippen LogP contribution in [0.5, 0.6) is 5.75 Å². The van der Waals surface area contributed by atoms with Gasteiger partial charge in [-0.1, -0.05) is 42.5 Å². The minimum absolute atomic E-state index is 0.112. The Hall–Kier alpha value is -2.18. The van der Waals surface area contributed by atoms with Gasteiger partial charge in [-0.05, 0) is 18.6 Å². The van der Waals surface area contributed by atoms with E-state index in [1.165, 1.54) is 0 Å². The minimum atomic E-state index is -3.48. The molecule has 0 aliphatic rings. The molecule has 0 saturated heterocycles. The Morgan fingerprint density at radius 2 is 1.68 bits per heavy atom. The number of sulfonamides is 1. The highest BCUT2D eigenvalue weighted by atomic mass is 32.2. The van der Waals surface area contributed by atoms with Crippen LogP contribution in [0.15, 0.2) is 59.6 Å². The number of hydrogen-bond donors (Lipinski definition) is 2. The van der Waals surface area contributed by atoms with Crippen molar-refractivity contribution in [1.82, 2.24) is 0 Å². The number of phenolic OH excluding ortho intramolecular Hbond substituents is 1. The molecule has 0 spiro atoms. The number of aromatic hydroxyl groups is 1. The van der Waals surface area contributed by atoms with E-state index in [0.29, 0.717) is 24.2 Å². The van der Waals surface area contributed by atoms with Gasteiger partial charge < -0.3 is 5.11 Å². The summed E-state index contributed by atoms with van der Waals surface area (Å²) in [5.41, 5.74) is 2.11. The Kier molecular flexibility index (Phi) is 5.30. The Balaban J connectivity index is 2.29. The summed E-state index contributed by atoms with van der Waals surface area (Å²) in [6.45, 7) is 0.314. The normalized spacial score (nSPS) is 12.3. The number of rotatable bonds is 6. The van der Waals surface area contributed by atoms with E-state index in [1.807, 2.05) is 36.4 Å². The molecule has 116 valence electrons. The zero-order valence-electron chi connectivity index (χ0n) is 12.0. The van der Waals surface area contributed by atoms with Crippen molar-refractivity contribution in [2.45, 2.75) is 6.42 Å². The summed E-state index contributed by atoms with van der Waals surface area (Å²) in [5.74, 6) is 0.0239. The number of nitrogens with two attached hydrogens (primary N) is 1. The molecule has 0 amide bonds. The maximum absolute atomic E-state index is 11.0. The van der Waals surface area contributed by atoms with Gasteiger partial charge in [-0.15, -0.1) is 0 Å². The van der Waals surface area contributed by atoms with E-state index in [-0.39, 0.29) is 11.5 Å². The molecule has 0 heterocycles. The number of aliphatic imine (C=N–C) groups is 1. The summed E-state index contributed by atoms with van der Waals surface area (Å²) < 4.78 is 21.9. The Morgan fingerprint density at radius 3 is 2.32 bits per heavy atom. The van der Waals surface area contributed by atoms with Gasteiger partial charge in [0.15, 0.2) is 0 Å². The molecule has 0 saturated carbocycles. The summed E-state index contributed by atoms with van der Waals surface area (Å²) in [6.07, 6.45) is 0.336. The van der Waals surface area contributed by atoms with Gasteiger partial charge in [0.1, 0.15) is 5.75 Å². The molecule has 22 heavy (non-hydrogen) atoms. The maximum atomic E-state index is 11.0. The molecule has 2 aromatic carbocycles. The van der Waals surface area contributed by atoms with Gasteiger partial charge in [0.25, 0.3) is 0 Å². The van der Waals surface area contributed by atoms with Crippen molar-refractivity contribution >= 4 is 15.7 Å². The van der Waals surface area contributed by atoms with Crippen LogP contribution in [0, 0.1) is 0 Å². The lowest BCUT2D eigenvalue weighted by Crippen LogP contribution is -2.17. The van der Waals surface area contributed by atoms with Crippen molar-refractivity contribution in [3.05, 3.63) is 65.7 Å². The number of benzene rings is 2. The first-order valence-electron chi connectivity index (χ1n) is 6.86. The molecule has 3 N–H and O–H groups in total. The van der Waals surface area contributed by atoms with E-state index in [9.17, 15) is 13.5 Å². The fourth-order valence-corrected chi connectivity index (χ4v) is 2.59. The average molecular weight is 318 g/mol. The van der Waals surface area contributed by atoms with Gasteiger partial charge >= 0.3 is 0 Å². The lowest BCUT2D eigenvalue weighted by Gasteiger charge is -2.09. The summed E-state index contributed by atoms with van der Waals surface area (Å²) in [5, 5.41) is 15.0. The van der Waals surface area contributed by atoms with Crippen LogP contribution >= 0.6 is 0 Å². The van der Waals surface area contributed by atoms with Crippen LogP contribution in [0.25, 0.3) is 0 Å². The fraction of sp³-hybridized carbons (Fsp3) is 0.188. The fourth-order valence-electron chi connectivity index (χ4n) is 2.06. The Bertz CT molecular complexity index is 756. The molecule has 2 rings (SSSR count). The second-order valence-corrected chi connectivity index (χ2v) is 6.57. The number of phenols is 1. The molecule has 0 radical (unpaired) electrons. The van der Waals surface area contributed by atoms with E-state index >= 15 is 0 Å². The summed E-state index contributed by atoms with van der Waals surface area (Å²) >= 11 is 0. The van der Waals surface area contributed by atoms with Gasteiger partial charge in [-0.2, -0.15) is 0 Å². The first-order valence-corrected chi connectivity index (χ1v) is 8.57. The average Bonchev–Trinajstić information content (AvgIpc) is 2.48. The van der Waals surface area contributed by atoms with Crippen LogP contribution in [-0.2, 0) is 10.0 Å². The molecule has 6 heteroatoms. The molecule has 2 aromatic rings. The third kappa shape index (κ3) is 4.68. The second kappa shape index (κ2) is 7.20. The third-order valence-electron chi connectivity index (χ3n) is 3.06. The largest absolute Gasteiger partial charge is 0.507 e. The molecular weight excluding hydrogens is 300 g/mol. The van der Waals surface area contributed by atoms with E-state index in [0.717, 1.165) is 5.56 Å². The number of primary sulfonamides is 1. The topological polar surface area (TPSA) is 92.8 Å². The predicted molar refractivity (Wildman–Crippen MR) is 87.6 cm³/mol. The van der Waals surface area contributed by atoms with Gasteiger partial charge in [0.2, 0.25) is 10.0 Å². The van der Waals surface area contributed by atoms with Gasteiger partial charge in [0.05, 0.1) is 11.5 Å². The maximum Gasteiger partial charge on any atom is 0.209 e. The SMILES string of the molecule is NS(=O)(=O)CCCN=C(c1ccccc1)c1ccccc1O. The number of hydrogen-bond acceptors (Lipinski definition) is 4. The molecule has 0 bridgehead atoms. The van der Waals surface area contributed by atoms with Crippen molar-refractivity contribution in [3.63, 3.8) is 0 Å². The zero-order valence-corrected chi connectivity index (χ0v) is 12.8. The predicted octanol–water partition coefficient (Wildman–Crippen LogP) is 1.91. The van der Waals surface area contributed by atoms with Gasteiger partial charge in [-0.25, -0.2) is 13.6 Å². The molecule has 0 aromatic heterocycles. The van der Waals surface area contributed by atoms with Crippen molar-refractivity contribution < 1.29 is 13.5 Å². The van der Waals surface area contributed by atoms with Crippen LogP contribution < -0.4 is 5.14 Å². The highest BCUT2D eigenvalue weighted by Gasteiger charge is 2.10. The quantitative estimate of drug-likeness (QED) is 0.629. The molecule has 0 atom stereocenters. The van der Waals surface area contributed by atoms with Gasteiger partial charge in [-0.3, -0.25) is 4.99 Å². The van der Waals surface area contributed by atoms with E-state index < -0.39 is 10.0 Å². The summed E-state index contributed by atoms with van der Waals surface area (Å²) in [6, 6.07) is 16.4. The van der Waals surface area contributed by atoms with Crippen molar-refractivity contribution in [2.24, 2.45) is 10.1 Å². The van der Waals surface area contributed by atoms with Crippen LogP contribution in [0.4, 0.5) is 0 Å². The molecule has 0 unspecified atom stereocenters. The first-order chi connectivity index (χ1) is 10.5. The van der Waals surface area contributed by atoms with E-state index in [2.05, 4.69) is 4.99 Å². The summed E-state index contributed by atoms with van der Waals surface area (Å²) in [4.78, 5) is 4.46. The van der Waals surface area contributed by atoms with Crippen molar-refractivity contribution in [2.75, 3.05) is 12.3 Å². The lowest BCUT2D eigenvalue weighted by atomic mass is 10.0. The number of nitrogens with zero attached hydrogens (tertiary/aromatic N) is 1. The standard InChI is InChI=1S/C16H18N2O3S/c17-22(20,21)12-6-11-18-16(13-7-2-1-3-8-13)14-9-4-5-10-15(14)19/h1-5,7-10,19H,6,11-12H2,(H2,17,20,21). The van der Waals surface area contributed by atoms with Crippen LogP contribution in [0.1, 0.15) is 17.5 Å². The van der Waals surface area contributed by atoms with Crippen LogP contribution in [-0.4, -0.2) is 31.5 Å². The molecule has 0 aliphatic carbocycles. The van der Waals surface area contributed by atoms with Crippen molar-refractivity contribution in [1.29, 1.82) is 0 Å². The number of para-hydroxylation sites is 1. The van der Waals surface area contributed by atoms with Crippen LogP contribution in [0.3, 0.4) is 0 Å². The monoisotopic (exact) mass is 318 g/mol. The van der Waals surface area contributed by atoms with Crippen LogP contribution in [0.2, 0.25) is 0 Å². The van der Waals surface area contributed by atoms with E-state index in [4.69, 9.17) is 5.14 Å². The molecule has 0 aliphatic heterocycles. The van der Waals surface area contributed by atoms with Gasteiger partial charge in [0, 0.05) is 17.7 Å². The van der Waals surface area contributed by atoms with Crippen molar-refractivity contribution in [3.8, 4) is 5.75 Å². The first kappa shape index (κ1) is 16.2. The minimum Gasteiger partial charge on any atom is -0.507 e. The Labute approximate surface area is 130 Å². The Morgan fingerprint density at radius 1 is 1.05 bits per heavy atom. The zero-order chi connectivity index (χ0) is 16.0. The highest BCUT2D eigenvalue weighted by molar-refractivity contribution is 7.89. The van der Waals surface area contributed by atoms with E-state index in [1.54, 1.807) is 18.2 Å². The molecule has 0 fully saturated rings.